The Bertz CT molecular complexity index is 649. The van der Waals surface area contributed by atoms with E-state index in [1.165, 1.54) is 11.3 Å². The van der Waals surface area contributed by atoms with E-state index in [-0.39, 0.29) is 0 Å². The number of hydrazine groups is 1. The normalized spacial score (nSPS) is 10.7. The number of fused-ring (bicyclic) bond motifs is 1. The van der Waals surface area contributed by atoms with Crippen molar-refractivity contribution in [1.29, 1.82) is 0 Å². The van der Waals surface area contributed by atoms with Crippen LogP contribution < -0.4 is 16.0 Å². The summed E-state index contributed by atoms with van der Waals surface area (Å²) in [6.45, 7) is 0.304. The van der Waals surface area contributed by atoms with E-state index < -0.39 is 0 Å². The third-order valence-corrected chi connectivity index (χ3v) is 3.12. The highest BCUT2D eigenvalue weighted by Crippen LogP contribution is 2.18. The predicted octanol–water partition coefficient (Wildman–Crippen LogP) is 1.05. The van der Waals surface area contributed by atoms with E-state index in [0.29, 0.717) is 22.5 Å². The first-order valence-electron chi connectivity index (χ1n) is 5.22. The van der Waals surface area contributed by atoms with E-state index in [1.54, 1.807) is 4.52 Å². The van der Waals surface area contributed by atoms with Gasteiger partial charge in [-0.1, -0.05) is 29.5 Å². The highest BCUT2D eigenvalue weighted by atomic mass is 32.1. The first-order valence-corrected chi connectivity index (χ1v) is 6.04. The number of ether oxygens (including phenoxy) is 1. The fourth-order valence-electron chi connectivity index (χ4n) is 1.47. The van der Waals surface area contributed by atoms with Crippen molar-refractivity contribution in [2.24, 2.45) is 5.84 Å². The third-order valence-electron chi connectivity index (χ3n) is 2.29. The summed E-state index contributed by atoms with van der Waals surface area (Å²) < 4.78 is 7.20. The maximum atomic E-state index is 5.59. The number of nitrogens with one attached hydrogen (secondary N) is 1. The van der Waals surface area contributed by atoms with Gasteiger partial charge in [0.1, 0.15) is 12.4 Å². The topological polar surface area (TPSA) is 90.4 Å². The molecule has 3 aromatic rings. The fraction of sp³-hybridized carbons (Fsp3) is 0.100. The van der Waals surface area contributed by atoms with E-state index in [0.717, 1.165) is 5.75 Å². The van der Waals surface area contributed by atoms with Crippen LogP contribution >= 0.6 is 11.3 Å². The lowest BCUT2D eigenvalue weighted by molar-refractivity contribution is 0.293. The SMILES string of the molecule is NNc1nn2c(COc3ccccc3)nnc2s1. The van der Waals surface area contributed by atoms with Gasteiger partial charge in [0.25, 0.3) is 0 Å². The van der Waals surface area contributed by atoms with Crippen LogP contribution in [0.2, 0.25) is 0 Å². The van der Waals surface area contributed by atoms with Crippen molar-refractivity contribution in [1.82, 2.24) is 19.8 Å². The van der Waals surface area contributed by atoms with Gasteiger partial charge in [-0.15, -0.1) is 15.3 Å². The van der Waals surface area contributed by atoms with Gasteiger partial charge in [-0.05, 0) is 12.1 Å². The molecule has 0 fully saturated rings. The molecule has 0 bridgehead atoms. The molecule has 0 aliphatic heterocycles. The number of rotatable bonds is 4. The molecule has 0 aliphatic rings. The fourth-order valence-corrected chi connectivity index (χ4v) is 2.14. The van der Waals surface area contributed by atoms with Gasteiger partial charge < -0.3 is 4.74 Å². The van der Waals surface area contributed by atoms with E-state index >= 15 is 0 Å². The van der Waals surface area contributed by atoms with Gasteiger partial charge in [-0.25, -0.2) is 5.84 Å². The number of para-hydroxylation sites is 1. The summed E-state index contributed by atoms with van der Waals surface area (Å²) in [5.41, 5.74) is 2.48. The van der Waals surface area contributed by atoms with Crippen LogP contribution in [0.25, 0.3) is 4.96 Å². The van der Waals surface area contributed by atoms with E-state index in [1.807, 2.05) is 30.3 Å². The second-order valence-electron chi connectivity index (χ2n) is 3.46. The molecular formula is C10H10N6OS. The standard InChI is InChI=1S/C10H10N6OS/c11-12-9-15-16-8(13-14-10(16)18-9)6-17-7-4-2-1-3-5-7/h1-5H,6,11H2,(H,12,15). The lowest BCUT2D eigenvalue weighted by Gasteiger charge is -2.02. The molecule has 2 aromatic heterocycles. The minimum Gasteiger partial charge on any atom is -0.486 e. The van der Waals surface area contributed by atoms with Crippen molar-refractivity contribution in [2.45, 2.75) is 6.61 Å². The highest BCUT2D eigenvalue weighted by Gasteiger charge is 2.11. The van der Waals surface area contributed by atoms with Gasteiger partial charge >= 0.3 is 0 Å². The van der Waals surface area contributed by atoms with Crippen molar-refractivity contribution >= 4 is 21.4 Å². The minimum absolute atomic E-state index is 0.304. The van der Waals surface area contributed by atoms with Gasteiger partial charge in [0, 0.05) is 0 Å². The predicted molar refractivity (Wildman–Crippen MR) is 67.2 cm³/mol. The van der Waals surface area contributed by atoms with Gasteiger partial charge in [0.05, 0.1) is 0 Å². The largest absolute Gasteiger partial charge is 0.486 e. The van der Waals surface area contributed by atoms with Gasteiger partial charge in [0.2, 0.25) is 10.1 Å². The number of hydrogen-bond acceptors (Lipinski definition) is 7. The van der Waals surface area contributed by atoms with Crippen molar-refractivity contribution < 1.29 is 4.74 Å². The monoisotopic (exact) mass is 262 g/mol. The summed E-state index contributed by atoms with van der Waals surface area (Å²) in [6.07, 6.45) is 0. The molecule has 18 heavy (non-hydrogen) atoms. The van der Waals surface area contributed by atoms with Crippen molar-refractivity contribution in [3.05, 3.63) is 36.2 Å². The maximum absolute atomic E-state index is 5.59. The molecule has 0 aliphatic carbocycles. The Morgan fingerprint density at radius 2 is 2.11 bits per heavy atom. The van der Waals surface area contributed by atoms with Crippen molar-refractivity contribution in [2.75, 3.05) is 5.43 Å². The Morgan fingerprint density at radius 3 is 2.89 bits per heavy atom. The quantitative estimate of drug-likeness (QED) is 0.539. The van der Waals surface area contributed by atoms with Crippen LogP contribution in [-0.4, -0.2) is 19.8 Å². The number of nitrogens with two attached hydrogens (primary N) is 1. The van der Waals surface area contributed by atoms with Gasteiger partial charge in [-0.3, -0.25) is 5.43 Å². The number of anilines is 1. The zero-order chi connectivity index (χ0) is 12.4. The molecule has 0 saturated heterocycles. The van der Waals surface area contributed by atoms with Crippen LogP contribution in [0.1, 0.15) is 5.82 Å². The minimum atomic E-state index is 0.304. The van der Waals surface area contributed by atoms with Crippen LogP contribution in [0.15, 0.2) is 30.3 Å². The molecule has 0 amide bonds. The van der Waals surface area contributed by atoms with E-state index in [4.69, 9.17) is 10.6 Å². The van der Waals surface area contributed by atoms with Gasteiger partial charge in [-0.2, -0.15) is 4.52 Å². The smallest absolute Gasteiger partial charge is 0.236 e. The first-order chi connectivity index (χ1) is 8.86. The molecule has 92 valence electrons. The zero-order valence-corrected chi connectivity index (χ0v) is 10.1. The Hall–Kier alpha value is -2.19. The number of aromatic nitrogens is 4. The molecule has 7 nitrogen and oxygen atoms in total. The molecule has 0 atom stereocenters. The van der Waals surface area contributed by atoms with Crippen molar-refractivity contribution in [3.8, 4) is 5.75 Å². The van der Waals surface area contributed by atoms with E-state index in [9.17, 15) is 0 Å². The summed E-state index contributed by atoms with van der Waals surface area (Å²) in [5, 5.41) is 12.8. The molecule has 0 radical (unpaired) electrons. The van der Waals surface area contributed by atoms with Crippen LogP contribution in [-0.2, 0) is 6.61 Å². The molecule has 2 heterocycles. The maximum Gasteiger partial charge on any atom is 0.236 e. The number of benzene rings is 1. The van der Waals surface area contributed by atoms with Crippen LogP contribution in [0.3, 0.4) is 0 Å². The molecule has 3 rings (SSSR count). The second-order valence-corrected chi connectivity index (χ2v) is 4.42. The zero-order valence-electron chi connectivity index (χ0n) is 9.28. The summed E-state index contributed by atoms with van der Waals surface area (Å²) in [6, 6.07) is 9.52. The molecule has 1 aromatic carbocycles. The molecule has 0 spiro atoms. The lowest BCUT2D eigenvalue weighted by atomic mass is 10.3. The third kappa shape index (κ3) is 1.98. The Morgan fingerprint density at radius 1 is 1.28 bits per heavy atom. The van der Waals surface area contributed by atoms with Crippen LogP contribution in [0.4, 0.5) is 5.13 Å². The average Bonchev–Trinajstić information content (AvgIpc) is 2.97. The highest BCUT2D eigenvalue weighted by molar-refractivity contribution is 7.20. The summed E-state index contributed by atoms with van der Waals surface area (Å²) in [7, 11) is 0. The Labute approximate surface area is 106 Å². The van der Waals surface area contributed by atoms with Gasteiger partial charge in [0.15, 0.2) is 5.82 Å². The number of nitrogen functional groups attached to an aromatic ring is 1. The average molecular weight is 262 g/mol. The van der Waals surface area contributed by atoms with Crippen LogP contribution in [0.5, 0.6) is 5.75 Å². The first kappa shape index (κ1) is 10.9. The molecular weight excluding hydrogens is 252 g/mol. The summed E-state index contributed by atoms with van der Waals surface area (Å²) in [4.78, 5) is 0.676. The Kier molecular flexibility index (Phi) is 2.79. The molecule has 0 saturated carbocycles. The number of hydrogen-bond donors (Lipinski definition) is 2. The second kappa shape index (κ2) is 4.59. The molecule has 3 N–H and O–H groups in total. The number of nitrogens with zero attached hydrogens (tertiary/aromatic N) is 4. The summed E-state index contributed by atoms with van der Waals surface area (Å²) >= 11 is 1.33. The Balaban J connectivity index is 1.80. The van der Waals surface area contributed by atoms with E-state index in [2.05, 4.69) is 20.7 Å². The summed E-state index contributed by atoms with van der Waals surface area (Å²) in [5.74, 6) is 6.70. The molecule has 0 unspecified atom stereocenters. The lowest BCUT2D eigenvalue weighted by Crippen LogP contribution is -2.07. The van der Waals surface area contributed by atoms with Crippen LogP contribution in [0, 0.1) is 0 Å². The molecule has 8 heteroatoms. The van der Waals surface area contributed by atoms with Crippen molar-refractivity contribution in [3.63, 3.8) is 0 Å².